The highest BCUT2D eigenvalue weighted by Gasteiger charge is 2.26. The molecule has 12 nitrogen and oxygen atoms in total. The van der Waals surface area contributed by atoms with Gasteiger partial charge in [0.15, 0.2) is 5.69 Å². The lowest BCUT2D eigenvalue weighted by Gasteiger charge is -2.19. The van der Waals surface area contributed by atoms with Gasteiger partial charge in [-0.05, 0) is 57.4 Å². The molecule has 0 saturated carbocycles. The summed E-state index contributed by atoms with van der Waals surface area (Å²) >= 11 is 0. The number of hydrogen-bond donors (Lipinski definition) is 4. The number of amides is 1. The summed E-state index contributed by atoms with van der Waals surface area (Å²) in [5, 5.41) is 31.2. The van der Waals surface area contributed by atoms with Gasteiger partial charge in [0, 0.05) is 37.6 Å². The zero-order valence-corrected chi connectivity index (χ0v) is 22.6. The number of hydrogen-bond acceptors (Lipinski definition) is 9. The molecular formula is C27H34N10O2. The molecule has 0 fully saturated rings. The summed E-state index contributed by atoms with van der Waals surface area (Å²) in [6.07, 6.45) is 5.87. The van der Waals surface area contributed by atoms with E-state index in [0.717, 1.165) is 40.3 Å². The average molecular weight is 531 g/mol. The molecule has 3 aromatic heterocycles. The Bertz CT molecular complexity index is 1450. The van der Waals surface area contributed by atoms with Crippen molar-refractivity contribution in [2.24, 2.45) is 0 Å². The molecule has 4 aromatic rings. The van der Waals surface area contributed by atoms with Crippen molar-refractivity contribution in [2.45, 2.75) is 52.2 Å². The molecule has 1 aliphatic heterocycles. The van der Waals surface area contributed by atoms with Crippen LogP contribution in [0.3, 0.4) is 0 Å². The van der Waals surface area contributed by atoms with Crippen LogP contribution in [0, 0.1) is 6.92 Å². The van der Waals surface area contributed by atoms with Crippen molar-refractivity contribution in [1.82, 2.24) is 45.4 Å². The molecule has 39 heavy (non-hydrogen) atoms. The second-order valence-electron chi connectivity index (χ2n) is 10.7. The molecule has 0 bridgehead atoms. The van der Waals surface area contributed by atoms with Gasteiger partial charge in [0.1, 0.15) is 0 Å². The van der Waals surface area contributed by atoms with E-state index in [2.05, 4.69) is 53.2 Å². The number of rotatable bonds is 7. The van der Waals surface area contributed by atoms with Crippen molar-refractivity contribution >= 4 is 17.5 Å². The van der Waals surface area contributed by atoms with Gasteiger partial charge in [-0.1, -0.05) is 17.3 Å². The lowest BCUT2D eigenvalue weighted by Crippen LogP contribution is -2.31. The first-order valence-electron chi connectivity index (χ1n) is 13.0. The number of aryl methyl sites for hydroxylation is 1. The average Bonchev–Trinajstić information content (AvgIpc) is 3.53. The third-order valence-corrected chi connectivity index (χ3v) is 6.81. The molecule has 0 aliphatic carbocycles. The van der Waals surface area contributed by atoms with Crippen molar-refractivity contribution in [3.8, 4) is 11.3 Å². The first kappa shape index (κ1) is 26.4. The van der Waals surface area contributed by atoms with E-state index >= 15 is 0 Å². The SMILES string of the molecule is Cc1n[nH]cc1Nc1nccc(-c2ccc3c(c2)CN(CCO)CC[C@@H]3NC(=O)c2cn(C(C)(C)C)nn2)n1. The summed E-state index contributed by atoms with van der Waals surface area (Å²) in [6, 6.07) is 7.84. The fourth-order valence-corrected chi connectivity index (χ4v) is 4.62. The Morgan fingerprint density at radius 1 is 1.26 bits per heavy atom. The zero-order valence-electron chi connectivity index (χ0n) is 22.6. The third-order valence-electron chi connectivity index (χ3n) is 6.81. The smallest absolute Gasteiger partial charge is 0.273 e. The summed E-state index contributed by atoms with van der Waals surface area (Å²) in [5.41, 5.74) is 5.48. The van der Waals surface area contributed by atoms with Crippen LogP contribution in [-0.2, 0) is 12.1 Å². The fourth-order valence-electron chi connectivity index (χ4n) is 4.62. The highest BCUT2D eigenvalue weighted by molar-refractivity contribution is 5.92. The van der Waals surface area contributed by atoms with E-state index in [4.69, 9.17) is 4.98 Å². The Labute approximate surface area is 226 Å². The number of β-amino-alcohol motifs (C(OH)–C–C–N with tert-alkyl or cyclic N) is 1. The number of fused-ring (bicyclic) bond motifs is 1. The normalized spacial score (nSPS) is 16.0. The van der Waals surface area contributed by atoms with Crippen molar-refractivity contribution in [3.05, 3.63) is 65.4 Å². The minimum atomic E-state index is -0.268. The monoisotopic (exact) mass is 530 g/mol. The highest BCUT2D eigenvalue weighted by atomic mass is 16.3. The Morgan fingerprint density at radius 3 is 2.82 bits per heavy atom. The molecule has 0 spiro atoms. The number of H-pyrrole nitrogens is 1. The molecule has 4 heterocycles. The molecule has 1 aliphatic rings. The van der Waals surface area contributed by atoms with Gasteiger partial charge in [-0.3, -0.25) is 14.8 Å². The van der Waals surface area contributed by atoms with Crippen molar-refractivity contribution in [2.75, 3.05) is 25.0 Å². The second kappa shape index (κ2) is 10.9. The molecular weight excluding hydrogens is 496 g/mol. The number of aliphatic hydroxyl groups excluding tert-OH is 1. The van der Waals surface area contributed by atoms with Crippen LogP contribution in [0.15, 0.2) is 42.9 Å². The number of aliphatic hydroxyl groups is 1. The topological polar surface area (TPSA) is 150 Å². The highest BCUT2D eigenvalue weighted by Crippen LogP contribution is 2.31. The standard InChI is InChI=1S/C27H34N10O2/c1-17-23(14-29-33-17)32-26-28-9-7-21(31-26)18-5-6-20-19(13-18)15-36(11-12-38)10-8-22(20)30-25(39)24-16-37(35-34-24)27(2,3)4/h5-7,9,13-14,16,22,38H,8,10-12,15H2,1-4H3,(H,29,33)(H,30,39)(H,28,31,32)/t22-/m0/s1. The zero-order chi connectivity index (χ0) is 27.6. The molecule has 1 atom stereocenters. The number of carbonyl (C=O) groups is 1. The molecule has 12 heteroatoms. The van der Waals surface area contributed by atoms with Crippen molar-refractivity contribution in [1.29, 1.82) is 0 Å². The number of aromatic amines is 1. The Balaban J connectivity index is 1.42. The number of benzene rings is 1. The van der Waals surface area contributed by atoms with Crippen LogP contribution in [0.2, 0.25) is 0 Å². The van der Waals surface area contributed by atoms with Crippen LogP contribution in [0.1, 0.15) is 60.5 Å². The summed E-state index contributed by atoms with van der Waals surface area (Å²) in [7, 11) is 0. The van der Waals surface area contributed by atoms with Gasteiger partial charge >= 0.3 is 0 Å². The Kier molecular flexibility index (Phi) is 7.40. The van der Waals surface area contributed by atoms with Gasteiger partial charge in [0.05, 0.1) is 41.5 Å². The number of anilines is 2. The number of carbonyl (C=O) groups excluding carboxylic acids is 1. The number of nitrogens with one attached hydrogen (secondary N) is 3. The van der Waals surface area contributed by atoms with Crippen LogP contribution in [0.25, 0.3) is 11.3 Å². The largest absolute Gasteiger partial charge is 0.395 e. The summed E-state index contributed by atoms with van der Waals surface area (Å²) in [6.45, 7) is 9.92. The maximum absolute atomic E-state index is 13.2. The third kappa shape index (κ3) is 5.96. The van der Waals surface area contributed by atoms with E-state index in [1.807, 2.05) is 39.8 Å². The van der Waals surface area contributed by atoms with Gasteiger partial charge < -0.3 is 15.7 Å². The maximum atomic E-state index is 13.2. The molecule has 4 N–H and O–H groups in total. The van der Waals surface area contributed by atoms with Crippen LogP contribution >= 0.6 is 0 Å². The van der Waals surface area contributed by atoms with E-state index in [-0.39, 0.29) is 29.8 Å². The van der Waals surface area contributed by atoms with E-state index < -0.39 is 0 Å². The second-order valence-corrected chi connectivity index (χ2v) is 10.7. The molecule has 0 saturated heterocycles. The summed E-state index contributed by atoms with van der Waals surface area (Å²) < 4.78 is 1.69. The molecule has 1 aromatic carbocycles. The quantitative estimate of drug-likeness (QED) is 0.283. The first-order valence-corrected chi connectivity index (χ1v) is 13.0. The van der Waals surface area contributed by atoms with E-state index in [9.17, 15) is 9.90 Å². The van der Waals surface area contributed by atoms with Crippen LogP contribution in [-0.4, -0.2) is 70.8 Å². The van der Waals surface area contributed by atoms with Gasteiger partial charge in [0.25, 0.3) is 5.91 Å². The minimum Gasteiger partial charge on any atom is -0.395 e. The number of aromatic nitrogens is 7. The predicted octanol–water partition coefficient (Wildman–Crippen LogP) is 2.93. The van der Waals surface area contributed by atoms with Crippen LogP contribution < -0.4 is 10.6 Å². The molecule has 0 unspecified atom stereocenters. The fraction of sp³-hybridized carbons (Fsp3) is 0.407. The predicted molar refractivity (Wildman–Crippen MR) is 146 cm³/mol. The van der Waals surface area contributed by atoms with Crippen molar-refractivity contribution in [3.63, 3.8) is 0 Å². The van der Waals surface area contributed by atoms with Gasteiger partial charge in [0.2, 0.25) is 5.95 Å². The van der Waals surface area contributed by atoms with E-state index in [0.29, 0.717) is 25.5 Å². The van der Waals surface area contributed by atoms with Crippen molar-refractivity contribution < 1.29 is 9.90 Å². The first-order chi connectivity index (χ1) is 18.7. The maximum Gasteiger partial charge on any atom is 0.273 e. The minimum absolute atomic E-state index is 0.0658. The lowest BCUT2D eigenvalue weighted by atomic mass is 9.96. The summed E-state index contributed by atoms with van der Waals surface area (Å²) in [4.78, 5) is 24.4. The molecule has 204 valence electrons. The number of nitrogens with zero attached hydrogens (tertiary/aromatic N) is 7. The van der Waals surface area contributed by atoms with Gasteiger partial charge in [-0.15, -0.1) is 5.10 Å². The summed E-state index contributed by atoms with van der Waals surface area (Å²) in [5.74, 6) is 0.212. The van der Waals surface area contributed by atoms with Gasteiger partial charge in [-0.2, -0.15) is 5.10 Å². The Morgan fingerprint density at radius 2 is 2.10 bits per heavy atom. The lowest BCUT2D eigenvalue weighted by molar-refractivity contribution is 0.0926. The molecule has 0 radical (unpaired) electrons. The van der Waals surface area contributed by atoms with Crippen LogP contribution in [0.5, 0.6) is 0 Å². The molecule has 5 rings (SSSR count). The van der Waals surface area contributed by atoms with Crippen LogP contribution in [0.4, 0.5) is 11.6 Å². The molecule has 1 amide bonds. The van der Waals surface area contributed by atoms with Gasteiger partial charge in [-0.25, -0.2) is 14.6 Å². The Hall–Kier alpha value is -4.16. The van der Waals surface area contributed by atoms with E-state index in [1.165, 1.54) is 0 Å². The van der Waals surface area contributed by atoms with E-state index in [1.54, 1.807) is 23.3 Å².